The summed E-state index contributed by atoms with van der Waals surface area (Å²) in [6.45, 7) is 1.71. The van der Waals surface area contributed by atoms with Gasteiger partial charge >= 0.3 is 0 Å². The molecule has 1 aromatic carbocycles. The molecular weight excluding hydrogens is 264 g/mol. The van der Waals surface area contributed by atoms with Gasteiger partial charge in [-0.3, -0.25) is 4.72 Å². The topological polar surface area (TPSA) is 106 Å². The Morgan fingerprint density at radius 3 is 2.29 bits per heavy atom. The first-order valence-corrected chi connectivity index (χ1v) is 8.08. The molecule has 0 fully saturated rings. The summed E-state index contributed by atoms with van der Waals surface area (Å²) in [5.74, 6) is -0.0774. The average Bonchev–Trinajstić information content (AvgIpc) is 2.15. The largest absolute Gasteiger partial charge is 0.282 e. The average molecular weight is 278 g/mol. The smallest absolute Gasteiger partial charge is 0.240 e. The number of hydrogen-bond donors (Lipinski definition) is 2. The molecule has 8 heteroatoms. The summed E-state index contributed by atoms with van der Waals surface area (Å²) in [4.78, 5) is -0.236. The van der Waals surface area contributed by atoms with Crippen molar-refractivity contribution in [3.63, 3.8) is 0 Å². The third kappa shape index (κ3) is 3.99. The van der Waals surface area contributed by atoms with Gasteiger partial charge in [0.2, 0.25) is 20.0 Å². The molecule has 0 saturated heterocycles. The number of nitrogens with one attached hydrogen (secondary N) is 1. The normalized spacial score (nSPS) is 12.4. The summed E-state index contributed by atoms with van der Waals surface area (Å²) in [6.07, 6.45) is 0.437. The first-order valence-electron chi connectivity index (χ1n) is 4.88. The van der Waals surface area contributed by atoms with Crippen LogP contribution >= 0.6 is 0 Å². The summed E-state index contributed by atoms with van der Waals surface area (Å²) in [7, 11) is -7.49. The van der Waals surface area contributed by atoms with Crippen LogP contribution in [0.2, 0.25) is 0 Å². The second kappa shape index (κ2) is 5.03. The Labute approximate surface area is 101 Å². The van der Waals surface area contributed by atoms with Gasteiger partial charge in [0, 0.05) is 0 Å². The van der Waals surface area contributed by atoms with Crippen molar-refractivity contribution in [3.05, 3.63) is 24.3 Å². The van der Waals surface area contributed by atoms with Crippen LogP contribution in [-0.2, 0) is 20.0 Å². The second-order valence-electron chi connectivity index (χ2n) is 3.46. The van der Waals surface area contributed by atoms with E-state index in [1.54, 1.807) is 6.92 Å². The van der Waals surface area contributed by atoms with Crippen LogP contribution in [0.4, 0.5) is 5.69 Å². The van der Waals surface area contributed by atoms with Crippen molar-refractivity contribution >= 4 is 25.7 Å². The van der Waals surface area contributed by atoms with Gasteiger partial charge in [-0.25, -0.2) is 22.0 Å². The van der Waals surface area contributed by atoms with E-state index in [2.05, 4.69) is 4.72 Å². The number of benzene rings is 1. The van der Waals surface area contributed by atoms with E-state index in [1.165, 1.54) is 24.3 Å². The molecule has 1 rings (SSSR count). The Morgan fingerprint density at radius 2 is 1.76 bits per heavy atom. The lowest BCUT2D eigenvalue weighted by molar-refractivity contribution is 0.598. The number of anilines is 1. The molecule has 0 unspecified atom stereocenters. The van der Waals surface area contributed by atoms with Crippen molar-refractivity contribution in [2.45, 2.75) is 18.2 Å². The van der Waals surface area contributed by atoms with Gasteiger partial charge in [-0.1, -0.05) is 19.1 Å². The highest BCUT2D eigenvalue weighted by atomic mass is 32.2. The lowest BCUT2D eigenvalue weighted by Crippen LogP contribution is -2.20. The number of para-hydroxylation sites is 1. The van der Waals surface area contributed by atoms with Crippen molar-refractivity contribution in [1.29, 1.82) is 0 Å². The molecule has 17 heavy (non-hydrogen) atoms. The first-order chi connectivity index (χ1) is 7.76. The molecule has 0 aliphatic carbocycles. The van der Waals surface area contributed by atoms with Gasteiger partial charge in [-0.2, -0.15) is 0 Å². The highest BCUT2D eigenvalue weighted by molar-refractivity contribution is 7.93. The van der Waals surface area contributed by atoms with E-state index in [1.807, 2.05) is 0 Å². The van der Waals surface area contributed by atoms with Crippen LogP contribution < -0.4 is 9.86 Å². The summed E-state index contributed by atoms with van der Waals surface area (Å²) in [5.41, 5.74) is -0.0246. The minimum absolute atomic E-state index is 0.0246. The SMILES string of the molecule is CCCS(=O)(=O)Nc1ccccc1S(N)(=O)=O. The van der Waals surface area contributed by atoms with E-state index in [9.17, 15) is 16.8 Å². The maximum atomic E-state index is 11.5. The van der Waals surface area contributed by atoms with Gasteiger partial charge in [0.15, 0.2) is 0 Å². The molecule has 0 spiro atoms. The van der Waals surface area contributed by atoms with Crippen LogP contribution in [-0.4, -0.2) is 22.6 Å². The lowest BCUT2D eigenvalue weighted by atomic mass is 10.3. The summed E-state index contributed by atoms with van der Waals surface area (Å²) in [5, 5.41) is 4.99. The predicted molar refractivity (Wildman–Crippen MR) is 65.5 cm³/mol. The number of primary sulfonamides is 1. The monoisotopic (exact) mass is 278 g/mol. The van der Waals surface area contributed by atoms with Crippen LogP contribution in [0.5, 0.6) is 0 Å². The first kappa shape index (κ1) is 13.9. The fraction of sp³-hybridized carbons (Fsp3) is 0.333. The number of hydrogen-bond acceptors (Lipinski definition) is 4. The maximum Gasteiger partial charge on any atom is 0.240 e. The molecule has 1 aromatic rings. The lowest BCUT2D eigenvalue weighted by Gasteiger charge is -2.10. The third-order valence-electron chi connectivity index (χ3n) is 1.93. The number of rotatable bonds is 5. The predicted octanol–water partition coefficient (Wildman–Crippen LogP) is 0.486. The molecule has 0 saturated carbocycles. The molecule has 0 radical (unpaired) electrons. The molecule has 0 heterocycles. The third-order valence-corrected chi connectivity index (χ3v) is 4.38. The van der Waals surface area contributed by atoms with Gasteiger partial charge in [-0.15, -0.1) is 0 Å². The molecule has 0 atom stereocenters. The maximum absolute atomic E-state index is 11.5. The second-order valence-corrected chi connectivity index (χ2v) is 6.83. The quantitative estimate of drug-likeness (QED) is 0.817. The van der Waals surface area contributed by atoms with Crippen LogP contribution in [0.1, 0.15) is 13.3 Å². The molecule has 96 valence electrons. The molecule has 0 aliphatic heterocycles. The van der Waals surface area contributed by atoms with E-state index < -0.39 is 20.0 Å². The molecule has 0 amide bonds. The van der Waals surface area contributed by atoms with Crippen LogP contribution in [0.3, 0.4) is 0 Å². The van der Waals surface area contributed by atoms with E-state index in [-0.39, 0.29) is 16.3 Å². The molecule has 3 N–H and O–H groups in total. The fourth-order valence-electron chi connectivity index (χ4n) is 1.29. The number of nitrogens with two attached hydrogens (primary N) is 1. The molecule has 0 aliphatic rings. The van der Waals surface area contributed by atoms with Gasteiger partial charge in [0.25, 0.3) is 0 Å². The van der Waals surface area contributed by atoms with Gasteiger partial charge in [-0.05, 0) is 18.6 Å². The zero-order valence-corrected chi connectivity index (χ0v) is 10.9. The van der Waals surface area contributed by atoms with Gasteiger partial charge in [0.05, 0.1) is 11.4 Å². The Hall–Kier alpha value is -1.12. The minimum atomic E-state index is -3.95. The number of sulfonamides is 2. The molecule has 0 aromatic heterocycles. The zero-order valence-electron chi connectivity index (χ0n) is 9.25. The van der Waals surface area contributed by atoms with Crippen LogP contribution in [0.25, 0.3) is 0 Å². The zero-order chi connectivity index (χ0) is 13.1. The Bertz CT molecular complexity index is 593. The molecule has 0 bridgehead atoms. The van der Waals surface area contributed by atoms with E-state index >= 15 is 0 Å². The van der Waals surface area contributed by atoms with Crippen molar-refractivity contribution < 1.29 is 16.8 Å². The van der Waals surface area contributed by atoms with Crippen molar-refractivity contribution in [3.8, 4) is 0 Å². The van der Waals surface area contributed by atoms with Gasteiger partial charge < -0.3 is 0 Å². The minimum Gasteiger partial charge on any atom is -0.282 e. The fourth-order valence-corrected chi connectivity index (χ4v) is 3.20. The van der Waals surface area contributed by atoms with Gasteiger partial charge in [0.1, 0.15) is 4.90 Å². The van der Waals surface area contributed by atoms with Crippen LogP contribution in [0.15, 0.2) is 29.2 Å². The Kier molecular flexibility index (Phi) is 4.12. The summed E-state index contributed by atoms with van der Waals surface area (Å²) < 4.78 is 47.8. The van der Waals surface area contributed by atoms with E-state index in [0.717, 1.165) is 0 Å². The highest BCUT2D eigenvalue weighted by Crippen LogP contribution is 2.20. The summed E-state index contributed by atoms with van der Waals surface area (Å²) >= 11 is 0. The van der Waals surface area contributed by atoms with E-state index in [4.69, 9.17) is 5.14 Å². The van der Waals surface area contributed by atoms with Crippen molar-refractivity contribution in [2.75, 3.05) is 10.5 Å². The van der Waals surface area contributed by atoms with Crippen LogP contribution in [0, 0.1) is 0 Å². The summed E-state index contributed by atoms with van der Waals surface area (Å²) in [6, 6.07) is 5.60. The molecule has 6 nitrogen and oxygen atoms in total. The molecular formula is C9H14N2O4S2. The standard InChI is InChI=1S/C9H14N2O4S2/c1-2-7-16(12,13)11-8-5-3-4-6-9(8)17(10,14)15/h3-6,11H,2,7H2,1H3,(H2,10,14,15). The Morgan fingerprint density at radius 1 is 1.18 bits per heavy atom. The van der Waals surface area contributed by atoms with Crippen molar-refractivity contribution in [2.24, 2.45) is 5.14 Å². The Balaban J connectivity index is 3.17. The van der Waals surface area contributed by atoms with Crippen molar-refractivity contribution in [1.82, 2.24) is 0 Å². The van der Waals surface area contributed by atoms with E-state index in [0.29, 0.717) is 6.42 Å². The highest BCUT2D eigenvalue weighted by Gasteiger charge is 2.17.